The van der Waals surface area contributed by atoms with Gasteiger partial charge in [-0.3, -0.25) is 14.3 Å². The molecule has 2 heterocycles. The van der Waals surface area contributed by atoms with Gasteiger partial charge in [-0.2, -0.15) is 4.31 Å². The maximum atomic E-state index is 13.4. The van der Waals surface area contributed by atoms with E-state index in [2.05, 4.69) is 4.90 Å². The molecule has 0 amide bonds. The van der Waals surface area contributed by atoms with Gasteiger partial charge in [0.05, 0.1) is 23.4 Å². The molecule has 1 saturated heterocycles. The Morgan fingerprint density at radius 1 is 1.03 bits per heavy atom. The van der Waals surface area contributed by atoms with Gasteiger partial charge in [0.25, 0.3) is 0 Å². The maximum Gasteiger partial charge on any atom is 0.419 e. The molecule has 0 N–H and O–H groups in total. The van der Waals surface area contributed by atoms with Crippen LogP contribution in [-0.2, 0) is 30.8 Å². The van der Waals surface area contributed by atoms with E-state index in [0.29, 0.717) is 13.1 Å². The van der Waals surface area contributed by atoms with Gasteiger partial charge in [0.15, 0.2) is 0 Å². The molecule has 0 bridgehead atoms. The fraction of sp³-hybridized carbons (Fsp3) is 0.448. The Kier molecular flexibility index (Phi) is 8.48. The zero-order valence-electron chi connectivity index (χ0n) is 23.2. The van der Waals surface area contributed by atoms with E-state index in [1.54, 1.807) is 37.4 Å². The quantitative estimate of drug-likeness (QED) is 0.394. The highest BCUT2D eigenvalue weighted by Gasteiger charge is 2.36. The van der Waals surface area contributed by atoms with Crippen molar-refractivity contribution in [1.29, 1.82) is 0 Å². The number of ether oxygens (including phenoxy) is 2. The molecule has 1 unspecified atom stereocenters. The van der Waals surface area contributed by atoms with Crippen LogP contribution in [0.5, 0.6) is 0 Å². The predicted octanol–water partition coefficient (Wildman–Crippen LogP) is 4.56. The number of aromatic nitrogens is 1. The number of para-hydroxylation sites is 1. The molecule has 1 aliphatic heterocycles. The lowest BCUT2D eigenvalue weighted by Crippen LogP contribution is -2.54. The summed E-state index contributed by atoms with van der Waals surface area (Å²) in [4.78, 5) is 27.8. The van der Waals surface area contributed by atoms with Crippen LogP contribution in [0.15, 0.2) is 59.6 Å². The number of benzene rings is 2. The second kappa shape index (κ2) is 11.5. The summed E-state index contributed by atoms with van der Waals surface area (Å²) < 4.78 is 40.6. The van der Waals surface area contributed by atoms with E-state index >= 15 is 0 Å². The van der Waals surface area contributed by atoms with Gasteiger partial charge >= 0.3 is 12.1 Å². The lowest BCUT2D eigenvalue weighted by Gasteiger charge is -2.40. The van der Waals surface area contributed by atoms with Crippen molar-refractivity contribution in [2.45, 2.75) is 64.1 Å². The first-order valence-corrected chi connectivity index (χ1v) is 14.6. The van der Waals surface area contributed by atoms with Crippen LogP contribution in [0.2, 0.25) is 0 Å². The van der Waals surface area contributed by atoms with Crippen LogP contribution >= 0.6 is 0 Å². The highest BCUT2D eigenvalue weighted by Crippen LogP contribution is 2.28. The minimum absolute atomic E-state index is 0.0540. The molecule has 39 heavy (non-hydrogen) atoms. The third kappa shape index (κ3) is 6.69. The lowest BCUT2D eigenvalue weighted by molar-refractivity contribution is -0.145. The summed E-state index contributed by atoms with van der Waals surface area (Å²) in [6, 6.07) is 14.0. The van der Waals surface area contributed by atoms with Crippen molar-refractivity contribution >= 4 is 33.0 Å². The number of rotatable bonds is 7. The van der Waals surface area contributed by atoms with Gasteiger partial charge in [0.2, 0.25) is 10.0 Å². The Labute approximate surface area is 230 Å². The summed E-state index contributed by atoms with van der Waals surface area (Å²) in [5.41, 5.74) is 1.95. The molecule has 0 spiro atoms. The van der Waals surface area contributed by atoms with E-state index in [4.69, 9.17) is 9.47 Å². The first kappa shape index (κ1) is 28.8. The Morgan fingerprint density at radius 2 is 1.72 bits per heavy atom. The molecule has 1 aliphatic rings. The Bertz CT molecular complexity index is 1440. The fourth-order valence-electron chi connectivity index (χ4n) is 4.81. The summed E-state index contributed by atoms with van der Waals surface area (Å²) in [6.45, 7) is 10.6. The van der Waals surface area contributed by atoms with E-state index in [1.165, 1.54) is 8.87 Å². The first-order chi connectivity index (χ1) is 18.4. The Morgan fingerprint density at radius 3 is 2.38 bits per heavy atom. The summed E-state index contributed by atoms with van der Waals surface area (Å²) in [6.07, 6.45) is 1.36. The number of aryl methyl sites for hydroxylation is 1. The zero-order chi connectivity index (χ0) is 28.4. The lowest BCUT2D eigenvalue weighted by atomic mass is 10.1. The Balaban J connectivity index is 1.62. The van der Waals surface area contributed by atoms with Crippen LogP contribution in [0.4, 0.5) is 4.79 Å². The van der Waals surface area contributed by atoms with Crippen LogP contribution < -0.4 is 0 Å². The summed E-state index contributed by atoms with van der Waals surface area (Å²) in [7, 11) is -3.73. The van der Waals surface area contributed by atoms with Crippen LogP contribution in [0.25, 0.3) is 10.9 Å². The van der Waals surface area contributed by atoms with E-state index in [0.717, 1.165) is 22.0 Å². The third-order valence-corrected chi connectivity index (χ3v) is 8.57. The number of carbonyl (C=O) groups is 2. The van der Waals surface area contributed by atoms with Crippen LogP contribution in [0.3, 0.4) is 0 Å². The minimum Gasteiger partial charge on any atom is -0.466 e. The van der Waals surface area contributed by atoms with E-state index in [-0.39, 0.29) is 37.0 Å². The number of fused-ring (bicyclic) bond motifs is 1. The van der Waals surface area contributed by atoms with Crippen molar-refractivity contribution in [3.8, 4) is 0 Å². The summed E-state index contributed by atoms with van der Waals surface area (Å²) in [5, 5.41) is 0.896. The number of hydrogen-bond acceptors (Lipinski definition) is 7. The number of piperazine rings is 1. The average Bonchev–Trinajstić information content (AvgIpc) is 3.23. The van der Waals surface area contributed by atoms with Gasteiger partial charge in [-0.1, -0.05) is 35.9 Å². The molecule has 1 fully saturated rings. The van der Waals surface area contributed by atoms with E-state index in [1.807, 2.05) is 52.0 Å². The molecule has 210 valence electrons. The number of nitrogens with zero attached hydrogens (tertiary/aromatic N) is 3. The van der Waals surface area contributed by atoms with E-state index < -0.39 is 27.8 Å². The smallest absolute Gasteiger partial charge is 0.419 e. The third-order valence-electron chi connectivity index (χ3n) is 6.69. The summed E-state index contributed by atoms with van der Waals surface area (Å²) in [5.74, 6) is -0.377. The largest absolute Gasteiger partial charge is 0.466 e. The van der Waals surface area contributed by atoms with Crippen molar-refractivity contribution < 1.29 is 27.5 Å². The SMILES string of the molecule is CCOC(=O)CC1CN(S(=O)(=O)c2ccc(C)cc2)CCN1Cc1cn(C(=O)OC(C)(C)C)c2ccccc12. The number of carbonyl (C=O) groups excluding carboxylic acids is 2. The van der Waals surface area contributed by atoms with Crippen molar-refractivity contribution in [2.75, 3.05) is 26.2 Å². The fourth-order valence-corrected chi connectivity index (χ4v) is 6.28. The predicted molar refractivity (Wildman–Crippen MR) is 149 cm³/mol. The highest BCUT2D eigenvalue weighted by molar-refractivity contribution is 7.89. The first-order valence-electron chi connectivity index (χ1n) is 13.2. The monoisotopic (exact) mass is 555 g/mol. The number of esters is 1. The van der Waals surface area contributed by atoms with Crippen LogP contribution in [0, 0.1) is 6.92 Å². The molecule has 4 rings (SSSR count). The zero-order valence-corrected chi connectivity index (χ0v) is 24.0. The number of hydrogen-bond donors (Lipinski definition) is 0. The second-order valence-corrected chi connectivity index (χ2v) is 12.8. The molecule has 0 aliphatic carbocycles. The second-order valence-electron chi connectivity index (χ2n) is 10.8. The molecule has 1 aromatic heterocycles. The van der Waals surface area contributed by atoms with Gasteiger partial charge in [-0.15, -0.1) is 0 Å². The molecule has 3 aromatic rings. The van der Waals surface area contributed by atoms with Crippen LogP contribution in [0.1, 0.15) is 45.2 Å². The molecular weight excluding hydrogens is 518 g/mol. The van der Waals surface area contributed by atoms with Crippen molar-refractivity contribution in [1.82, 2.24) is 13.8 Å². The molecule has 0 radical (unpaired) electrons. The molecule has 10 heteroatoms. The molecule has 1 atom stereocenters. The van der Waals surface area contributed by atoms with Gasteiger partial charge in [0.1, 0.15) is 5.60 Å². The minimum atomic E-state index is -3.73. The normalized spacial score (nSPS) is 17.3. The molecule has 0 saturated carbocycles. The van der Waals surface area contributed by atoms with Gasteiger partial charge < -0.3 is 9.47 Å². The van der Waals surface area contributed by atoms with Crippen molar-refractivity contribution in [3.05, 3.63) is 65.9 Å². The molecule has 2 aromatic carbocycles. The average molecular weight is 556 g/mol. The topological polar surface area (TPSA) is 98.1 Å². The Hall–Kier alpha value is -3.21. The van der Waals surface area contributed by atoms with E-state index in [9.17, 15) is 18.0 Å². The van der Waals surface area contributed by atoms with Crippen molar-refractivity contribution in [2.24, 2.45) is 0 Å². The standard InChI is InChI=1S/C29H37N3O6S/c1-6-37-27(33)17-23-20-31(39(35,36)24-13-11-21(2)12-14-24)16-15-30(23)18-22-19-32(28(34)38-29(3,4)5)26-10-8-7-9-25(22)26/h7-14,19,23H,6,15-18,20H2,1-5H3. The van der Waals surface area contributed by atoms with Gasteiger partial charge in [0, 0.05) is 43.8 Å². The summed E-state index contributed by atoms with van der Waals surface area (Å²) >= 11 is 0. The van der Waals surface area contributed by atoms with Crippen molar-refractivity contribution in [3.63, 3.8) is 0 Å². The molecular formula is C29H37N3O6S. The number of sulfonamides is 1. The van der Waals surface area contributed by atoms with Crippen LogP contribution in [-0.4, -0.2) is 72.1 Å². The maximum absolute atomic E-state index is 13.4. The van der Waals surface area contributed by atoms with Gasteiger partial charge in [-0.25, -0.2) is 13.2 Å². The van der Waals surface area contributed by atoms with Gasteiger partial charge in [-0.05, 0) is 58.4 Å². The highest BCUT2D eigenvalue weighted by atomic mass is 32.2. The molecule has 9 nitrogen and oxygen atoms in total.